The fraction of sp³-hybridized carbons (Fsp3) is 0.0952. The number of pyridine rings is 1. The molecule has 0 aliphatic heterocycles. The summed E-state index contributed by atoms with van der Waals surface area (Å²) in [6, 6.07) is 25.7. The number of nitrogens with zero attached hydrogens (tertiary/aromatic N) is 3. The third-order valence-electron chi connectivity index (χ3n) is 3.94. The van der Waals surface area contributed by atoms with Crippen molar-refractivity contribution in [3.05, 3.63) is 101 Å². The number of aromatic nitrogens is 1. The van der Waals surface area contributed by atoms with Gasteiger partial charge in [0, 0.05) is 6.20 Å². The zero-order valence-electron chi connectivity index (χ0n) is 13.7. The molecule has 25 heavy (non-hydrogen) atoms. The summed E-state index contributed by atoms with van der Waals surface area (Å²) < 4.78 is 0. The largest absolute Gasteiger partial charge is 0.383 e. The molecule has 3 rings (SSSR count). The predicted molar refractivity (Wildman–Crippen MR) is 99.0 cm³/mol. The predicted octanol–water partition coefficient (Wildman–Crippen LogP) is 3.64. The summed E-state index contributed by atoms with van der Waals surface area (Å²) in [6.45, 7) is 0. The minimum Gasteiger partial charge on any atom is -0.383 e. The zero-order valence-corrected chi connectivity index (χ0v) is 13.7. The number of hydrogen-bond acceptors (Lipinski definition) is 3. The molecule has 1 unspecified atom stereocenters. The molecule has 0 bridgehead atoms. The Hall–Kier alpha value is -3.45. The van der Waals surface area contributed by atoms with E-state index in [0.717, 1.165) is 12.0 Å². The van der Waals surface area contributed by atoms with Crippen LogP contribution in [0.4, 0.5) is 0 Å². The average molecular weight is 326 g/mol. The van der Waals surface area contributed by atoms with E-state index in [9.17, 15) is 5.26 Å². The molecular weight excluding hydrogens is 308 g/mol. The van der Waals surface area contributed by atoms with E-state index in [2.05, 4.69) is 23.2 Å². The highest BCUT2D eigenvalue weighted by atomic mass is 14.9. The van der Waals surface area contributed by atoms with Gasteiger partial charge in [0.1, 0.15) is 11.9 Å². The minimum atomic E-state index is -0.129. The van der Waals surface area contributed by atoms with Crippen LogP contribution >= 0.6 is 0 Å². The first-order valence-corrected chi connectivity index (χ1v) is 8.05. The molecular formula is C21H18N4. The smallest absolute Gasteiger partial charge is 0.151 e. The van der Waals surface area contributed by atoms with Crippen molar-refractivity contribution in [3.63, 3.8) is 0 Å². The number of rotatable bonds is 5. The summed E-state index contributed by atoms with van der Waals surface area (Å²) in [5, 5.41) is 9.23. The highest BCUT2D eigenvalue weighted by Gasteiger charge is 2.14. The van der Waals surface area contributed by atoms with Gasteiger partial charge in [0.2, 0.25) is 0 Å². The second kappa shape index (κ2) is 7.89. The Morgan fingerprint density at radius 3 is 2.36 bits per heavy atom. The third-order valence-corrected chi connectivity index (χ3v) is 3.94. The van der Waals surface area contributed by atoms with Gasteiger partial charge in [-0.3, -0.25) is 4.99 Å². The van der Waals surface area contributed by atoms with Crippen LogP contribution in [0.5, 0.6) is 0 Å². The summed E-state index contributed by atoms with van der Waals surface area (Å²) in [7, 11) is 0. The Balaban J connectivity index is 1.98. The van der Waals surface area contributed by atoms with E-state index in [4.69, 9.17) is 10.7 Å². The summed E-state index contributed by atoms with van der Waals surface area (Å²) in [6.07, 6.45) is 2.31. The van der Waals surface area contributed by atoms with Gasteiger partial charge in [-0.15, -0.1) is 0 Å². The van der Waals surface area contributed by atoms with Crippen molar-refractivity contribution in [2.24, 2.45) is 10.7 Å². The number of aliphatic imine (C=N–C) groups is 1. The molecule has 122 valence electrons. The molecule has 2 aromatic carbocycles. The Morgan fingerprint density at radius 2 is 1.68 bits per heavy atom. The van der Waals surface area contributed by atoms with E-state index in [1.807, 2.05) is 48.5 Å². The average Bonchev–Trinajstić information content (AvgIpc) is 2.69. The lowest BCUT2D eigenvalue weighted by Crippen LogP contribution is -2.18. The lowest BCUT2D eigenvalue weighted by Gasteiger charge is -2.15. The van der Waals surface area contributed by atoms with Crippen molar-refractivity contribution in [1.82, 2.24) is 4.98 Å². The molecule has 0 fully saturated rings. The lowest BCUT2D eigenvalue weighted by molar-refractivity contribution is 0.723. The van der Waals surface area contributed by atoms with E-state index in [0.29, 0.717) is 11.4 Å². The maximum absolute atomic E-state index is 9.23. The fourth-order valence-corrected chi connectivity index (χ4v) is 2.69. The number of nitrogens with two attached hydrogens (primary N) is 1. The maximum Gasteiger partial charge on any atom is 0.151 e. The number of nitriles is 1. The van der Waals surface area contributed by atoms with Gasteiger partial charge in [0.15, 0.2) is 5.69 Å². The fourth-order valence-electron chi connectivity index (χ4n) is 2.69. The van der Waals surface area contributed by atoms with Gasteiger partial charge in [-0.2, -0.15) is 5.26 Å². The van der Waals surface area contributed by atoms with Crippen LogP contribution in [0.25, 0.3) is 0 Å². The zero-order chi connectivity index (χ0) is 17.5. The van der Waals surface area contributed by atoms with Crippen LogP contribution in [0.15, 0.2) is 84.0 Å². The third kappa shape index (κ3) is 4.10. The molecule has 0 saturated heterocycles. The van der Waals surface area contributed by atoms with E-state index < -0.39 is 0 Å². The molecule has 2 N–H and O–H groups in total. The van der Waals surface area contributed by atoms with Crippen molar-refractivity contribution in [2.45, 2.75) is 12.5 Å². The Kier molecular flexibility index (Phi) is 5.18. The van der Waals surface area contributed by atoms with Crippen LogP contribution in [0.2, 0.25) is 0 Å². The Morgan fingerprint density at radius 1 is 1.00 bits per heavy atom. The maximum atomic E-state index is 9.23. The van der Waals surface area contributed by atoms with Crippen LogP contribution in [0.3, 0.4) is 0 Å². The first-order valence-electron chi connectivity index (χ1n) is 8.05. The summed E-state index contributed by atoms with van der Waals surface area (Å²) in [4.78, 5) is 8.78. The van der Waals surface area contributed by atoms with Gasteiger partial charge >= 0.3 is 0 Å². The quantitative estimate of drug-likeness (QED) is 0.574. The first kappa shape index (κ1) is 16.4. The molecule has 0 saturated carbocycles. The highest BCUT2D eigenvalue weighted by molar-refractivity contribution is 5.99. The molecule has 0 aliphatic rings. The van der Waals surface area contributed by atoms with Gasteiger partial charge in [0.25, 0.3) is 0 Å². The van der Waals surface area contributed by atoms with Crippen molar-refractivity contribution >= 4 is 5.84 Å². The van der Waals surface area contributed by atoms with E-state index in [1.54, 1.807) is 18.3 Å². The van der Waals surface area contributed by atoms with Gasteiger partial charge in [-0.1, -0.05) is 60.7 Å². The lowest BCUT2D eigenvalue weighted by atomic mass is 9.99. The van der Waals surface area contributed by atoms with Crippen molar-refractivity contribution in [3.8, 4) is 6.07 Å². The number of amidine groups is 1. The first-order chi connectivity index (χ1) is 12.3. The molecule has 1 heterocycles. The van der Waals surface area contributed by atoms with E-state index >= 15 is 0 Å². The van der Waals surface area contributed by atoms with Crippen molar-refractivity contribution in [2.75, 3.05) is 0 Å². The van der Waals surface area contributed by atoms with Gasteiger partial charge < -0.3 is 5.73 Å². The minimum absolute atomic E-state index is 0.129. The summed E-state index contributed by atoms with van der Waals surface area (Å²) in [5.74, 6) is 0.328. The summed E-state index contributed by atoms with van der Waals surface area (Å²) in [5.41, 5.74) is 9.34. The number of hydrogen-bond donors (Lipinski definition) is 1. The molecule has 0 spiro atoms. The van der Waals surface area contributed by atoms with Crippen molar-refractivity contribution in [1.29, 1.82) is 5.26 Å². The highest BCUT2D eigenvalue weighted by Crippen LogP contribution is 2.23. The molecule has 0 aliphatic carbocycles. The topological polar surface area (TPSA) is 75.1 Å². The number of benzene rings is 2. The van der Waals surface area contributed by atoms with E-state index in [-0.39, 0.29) is 11.7 Å². The SMILES string of the molecule is N#Cc1ncccc1C(N)=NC(Cc1ccccc1)c1ccccc1. The second-order valence-corrected chi connectivity index (χ2v) is 5.64. The molecule has 1 aromatic heterocycles. The molecule has 4 nitrogen and oxygen atoms in total. The van der Waals surface area contributed by atoms with Crippen molar-refractivity contribution < 1.29 is 0 Å². The van der Waals surface area contributed by atoms with Crippen LogP contribution < -0.4 is 5.73 Å². The van der Waals surface area contributed by atoms with Gasteiger partial charge in [0.05, 0.1) is 11.6 Å². The Labute approximate surface area is 147 Å². The molecule has 0 amide bonds. The van der Waals surface area contributed by atoms with Crippen LogP contribution in [-0.4, -0.2) is 10.8 Å². The second-order valence-electron chi connectivity index (χ2n) is 5.64. The molecule has 1 atom stereocenters. The monoisotopic (exact) mass is 326 g/mol. The normalized spacial score (nSPS) is 12.4. The van der Waals surface area contributed by atoms with Crippen LogP contribution in [0.1, 0.15) is 28.4 Å². The molecule has 3 aromatic rings. The van der Waals surface area contributed by atoms with Crippen LogP contribution in [0, 0.1) is 11.3 Å². The molecule has 0 radical (unpaired) electrons. The van der Waals surface area contributed by atoms with Crippen LogP contribution in [-0.2, 0) is 6.42 Å². The summed E-state index contributed by atoms with van der Waals surface area (Å²) >= 11 is 0. The Bertz CT molecular complexity index is 896. The van der Waals surface area contributed by atoms with E-state index in [1.165, 1.54) is 5.56 Å². The molecule has 4 heteroatoms. The van der Waals surface area contributed by atoms with Gasteiger partial charge in [-0.25, -0.2) is 4.98 Å². The standard InChI is InChI=1S/C21H18N4/c22-15-20-18(12-7-13-24-20)21(23)25-19(17-10-5-2-6-11-17)14-16-8-3-1-4-9-16/h1-13,19H,14H2,(H2,23,25). The van der Waals surface area contributed by atoms with Gasteiger partial charge in [-0.05, 0) is 29.7 Å².